The molecule has 2 aromatic carbocycles. The molecule has 0 spiro atoms. The molecule has 0 unspecified atom stereocenters. The first-order valence-electron chi connectivity index (χ1n) is 9.87. The van der Waals surface area contributed by atoms with E-state index in [-0.39, 0.29) is 18.4 Å². The quantitative estimate of drug-likeness (QED) is 0.433. The summed E-state index contributed by atoms with van der Waals surface area (Å²) in [5, 5.41) is 9.02. The molecule has 0 radical (unpaired) electrons. The van der Waals surface area contributed by atoms with E-state index in [1.165, 1.54) is 0 Å². The maximum absolute atomic E-state index is 12.3. The van der Waals surface area contributed by atoms with Crippen molar-refractivity contribution in [1.82, 2.24) is 0 Å². The predicted molar refractivity (Wildman–Crippen MR) is 119 cm³/mol. The van der Waals surface area contributed by atoms with Crippen molar-refractivity contribution in [3.63, 3.8) is 0 Å². The highest BCUT2D eigenvalue weighted by Gasteiger charge is 2.09. The van der Waals surface area contributed by atoms with Gasteiger partial charge in [0.25, 0.3) is 0 Å². The Morgan fingerprint density at radius 1 is 0.931 bits per heavy atom. The van der Waals surface area contributed by atoms with Crippen molar-refractivity contribution < 1.29 is 14.3 Å². The van der Waals surface area contributed by atoms with Gasteiger partial charge >= 0.3 is 0 Å². The Morgan fingerprint density at radius 3 is 2.34 bits per heavy atom. The van der Waals surface area contributed by atoms with Gasteiger partial charge in [-0.3, -0.25) is 9.59 Å². The molecule has 0 bridgehead atoms. The molecular weight excluding hydrogens is 390 g/mol. The van der Waals surface area contributed by atoms with Crippen LogP contribution in [0.4, 0.5) is 17.1 Å². The van der Waals surface area contributed by atoms with Gasteiger partial charge in [0.15, 0.2) is 0 Å². The number of nitrogens with one attached hydrogen (secondary N) is 3. The Hall–Kier alpha value is -2.73. The van der Waals surface area contributed by atoms with E-state index < -0.39 is 0 Å². The second-order valence-corrected chi connectivity index (χ2v) is 7.03. The van der Waals surface area contributed by atoms with Crippen molar-refractivity contribution in [2.45, 2.75) is 39.5 Å². The van der Waals surface area contributed by atoms with Gasteiger partial charge in [0.05, 0.1) is 23.9 Å². The van der Waals surface area contributed by atoms with Crippen molar-refractivity contribution in [3.05, 3.63) is 47.5 Å². The monoisotopic (exact) mass is 417 g/mol. The third kappa shape index (κ3) is 8.03. The second kappa shape index (κ2) is 12.0. The number of carbonyl (C=O) groups is 2. The summed E-state index contributed by atoms with van der Waals surface area (Å²) >= 11 is 6.16. The van der Waals surface area contributed by atoms with Crippen LogP contribution in [0.3, 0.4) is 0 Å². The molecule has 0 aliphatic heterocycles. The van der Waals surface area contributed by atoms with Gasteiger partial charge in [-0.05, 0) is 55.3 Å². The van der Waals surface area contributed by atoms with Crippen molar-refractivity contribution in [1.29, 1.82) is 0 Å². The number of hydrogen-bond donors (Lipinski definition) is 3. The lowest BCUT2D eigenvalue weighted by Gasteiger charge is -2.12. The number of anilines is 3. The second-order valence-electron chi connectivity index (χ2n) is 6.62. The Morgan fingerprint density at radius 2 is 1.66 bits per heavy atom. The maximum atomic E-state index is 12.3. The van der Waals surface area contributed by atoms with Crippen LogP contribution in [0, 0.1) is 0 Å². The van der Waals surface area contributed by atoms with E-state index in [4.69, 9.17) is 16.3 Å². The van der Waals surface area contributed by atoms with E-state index in [0.29, 0.717) is 29.4 Å². The van der Waals surface area contributed by atoms with Crippen molar-refractivity contribution >= 4 is 40.5 Å². The van der Waals surface area contributed by atoms with E-state index in [1.807, 2.05) is 31.2 Å². The van der Waals surface area contributed by atoms with Gasteiger partial charge in [-0.15, -0.1) is 0 Å². The number of ether oxygens (including phenoxy) is 1. The number of benzene rings is 2. The number of amides is 2. The molecule has 0 heterocycles. The van der Waals surface area contributed by atoms with E-state index in [0.717, 1.165) is 30.7 Å². The van der Waals surface area contributed by atoms with Crippen LogP contribution in [0.1, 0.15) is 39.5 Å². The summed E-state index contributed by atoms with van der Waals surface area (Å²) < 4.78 is 5.62. The molecule has 0 aliphatic rings. The van der Waals surface area contributed by atoms with Crippen LogP contribution in [-0.4, -0.2) is 25.0 Å². The van der Waals surface area contributed by atoms with Crippen LogP contribution in [0.25, 0.3) is 0 Å². The molecule has 2 aromatic rings. The standard InChI is InChI=1S/C22H28ClN3O3/c1-3-5-13-29-18-10-7-16(8-11-18)24-15-22(28)26-20-14-17(9-12-19(20)23)25-21(27)6-4-2/h7-12,14,24H,3-6,13,15H2,1-2H3,(H,25,27)(H,26,28). The summed E-state index contributed by atoms with van der Waals surface area (Å²) in [7, 11) is 0. The Kier molecular flexibility index (Phi) is 9.31. The topological polar surface area (TPSA) is 79.5 Å². The minimum atomic E-state index is -0.243. The first kappa shape index (κ1) is 22.6. The number of unbranched alkanes of at least 4 members (excludes halogenated alkanes) is 1. The molecule has 0 fully saturated rings. The van der Waals surface area contributed by atoms with Crippen LogP contribution >= 0.6 is 11.6 Å². The van der Waals surface area contributed by atoms with Crippen LogP contribution in [0.5, 0.6) is 5.75 Å². The first-order chi connectivity index (χ1) is 14.0. The molecule has 0 aliphatic carbocycles. The molecule has 0 saturated carbocycles. The predicted octanol–water partition coefficient (Wildman–Crippen LogP) is 5.31. The van der Waals surface area contributed by atoms with Crippen molar-refractivity contribution in [3.8, 4) is 5.75 Å². The molecule has 7 heteroatoms. The number of hydrogen-bond acceptors (Lipinski definition) is 4. The highest BCUT2D eigenvalue weighted by molar-refractivity contribution is 6.33. The fourth-order valence-corrected chi connectivity index (χ4v) is 2.69. The molecule has 6 nitrogen and oxygen atoms in total. The third-order valence-electron chi connectivity index (χ3n) is 4.08. The number of carbonyl (C=O) groups excluding carboxylic acids is 2. The Balaban J connectivity index is 1.86. The normalized spacial score (nSPS) is 10.3. The molecule has 3 N–H and O–H groups in total. The Bertz CT molecular complexity index is 809. The minimum absolute atomic E-state index is 0.0733. The van der Waals surface area contributed by atoms with E-state index in [1.54, 1.807) is 18.2 Å². The molecular formula is C22H28ClN3O3. The summed E-state index contributed by atoms with van der Waals surface area (Å²) in [6, 6.07) is 12.5. The van der Waals surface area contributed by atoms with E-state index in [9.17, 15) is 9.59 Å². The fraction of sp³-hybridized carbons (Fsp3) is 0.364. The zero-order chi connectivity index (χ0) is 21.1. The molecule has 29 heavy (non-hydrogen) atoms. The third-order valence-corrected chi connectivity index (χ3v) is 4.40. The van der Waals surface area contributed by atoms with Gasteiger partial charge in [0.1, 0.15) is 5.75 Å². The van der Waals surface area contributed by atoms with Gasteiger partial charge in [0.2, 0.25) is 11.8 Å². The fourth-order valence-electron chi connectivity index (χ4n) is 2.53. The number of rotatable bonds is 11. The van der Waals surface area contributed by atoms with E-state index >= 15 is 0 Å². The van der Waals surface area contributed by atoms with Crippen LogP contribution in [0.2, 0.25) is 5.02 Å². The van der Waals surface area contributed by atoms with Crippen LogP contribution < -0.4 is 20.7 Å². The molecule has 0 aromatic heterocycles. The van der Waals surface area contributed by atoms with Crippen molar-refractivity contribution in [2.75, 3.05) is 29.1 Å². The molecule has 156 valence electrons. The Labute approximate surface area is 177 Å². The minimum Gasteiger partial charge on any atom is -0.494 e. The summed E-state index contributed by atoms with van der Waals surface area (Å²) in [6.07, 6.45) is 3.32. The SMILES string of the molecule is CCCCOc1ccc(NCC(=O)Nc2cc(NC(=O)CCC)ccc2Cl)cc1. The summed E-state index contributed by atoms with van der Waals surface area (Å²) in [4.78, 5) is 24.0. The van der Waals surface area contributed by atoms with Gasteiger partial charge in [-0.1, -0.05) is 31.9 Å². The van der Waals surface area contributed by atoms with Gasteiger partial charge in [0, 0.05) is 17.8 Å². The molecule has 0 atom stereocenters. The number of halogens is 1. The maximum Gasteiger partial charge on any atom is 0.243 e. The lowest BCUT2D eigenvalue weighted by atomic mass is 10.2. The average Bonchev–Trinajstić information content (AvgIpc) is 2.70. The summed E-state index contributed by atoms with van der Waals surface area (Å²) in [5.74, 6) is 0.491. The molecule has 2 amide bonds. The lowest BCUT2D eigenvalue weighted by molar-refractivity contribution is -0.116. The van der Waals surface area contributed by atoms with Crippen LogP contribution in [0.15, 0.2) is 42.5 Å². The highest BCUT2D eigenvalue weighted by atomic mass is 35.5. The average molecular weight is 418 g/mol. The first-order valence-corrected chi connectivity index (χ1v) is 10.3. The lowest BCUT2D eigenvalue weighted by Crippen LogP contribution is -2.22. The van der Waals surface area contributed by atoms with Crippen molar-refractivity contribution in [2.24, 2.45) is 0 Å². The smallest absolute Gasteiger partial charge is 0.243 e. The van der Waals surface area contributed by atoms with Gasteiger partial charge in [-0.25, -0.2) is 0 Å². The summed E-state index contributed by atoms with van der Waals surface area (Å²) in [5.41, 5.74) is 1.86. The zero-order valence-corrected chi connectivity index (χ0v) is 17.6. The highest BCUT2D eigenvalue weighted by Crippen LogP contribution is 2.26. The zero-order valence-electron chi connectivity index (χ0n) is 16.9. The van der Waals surface area contributed by atoms with Gasteiger partial charge < -0.3 is 20.7 Å². The van der Waals surface area contributed by atoms with Gasteiger partial charge in [-0.2, -0.15) is 0 Å². The largest absolute Gasteiger partial charge is 0.494 e. The van der Waals surface area contributed by atoms with E-state index in [2.05, 4.69) is 22.9 Å². The molecule has 2 rings (SSSR count). The molecule has 0 saturated heterocycles. The summed E-state index contributed by atoms with van der Waals surface area (Å²) in [6.45, 7) is 4.84. The van der Waals surface area contributed by atoms with Crippen LogP contribution in [-0.2, 0) is 9.59 Å².